The smallest absolute Gasteiger partial charge is 0.408 e. The van der Waals surface area contributed by atoms with Crippen LogP contribution in [0, 0.1) is 11.8 Å². The highest BCUT2D eigenvalue weighted by atomic mass is 16.6. The van der Waals surface area contributed by atoms with Crippen molar-refractivity contribution in [3.05, 3.63) is 155 Å². The maximum absolute atomic E-state index is 14.3. The van der Waals surface area contributed by atoms with Gasteiger partial charge in [-0.05, 0) is 71.2 Å². The summed E-state index contributed by atoms with van der Waals surface area (Å²) in [5.41, 5.74) is 1.63. The summed E-state index contributed by atoms with van der Waals surface area (Å²) in [5.74, 6) is -20.2. The number of hydrogen-bond acceptors (Lipinski definition) is 20. The van der Waals surface area contributed by atoms with Crippen LogP contribution in [0.1, 0.15) is 112 Å². The molecule has 5 aromatic carbocycles. The Bertz CT molecular complexity index is 3990. The Balaban J connectivity index is 1.07. The van der Waals surface area contributed by atoms with Gasteiger partial charge in [-0.1, -0.05) is 113 Å². The second-order valence-corrected chi connectivity index (χ2v) is 25.6. The first-order valence-corrected chi connectivity index (χ1v) is 33.6. The molecule has 0 bridgehead atoms. The van der Waals surface area contributed by atoms with Crippen molar-refractivity contribution in [2.75, 3.05) is 10.6 Å². The molecule has 1 spiro atoms. The second kappa shape index (κ2) is 38.1. The van der Waals surface area contributed by atoms with Crippen molar-refractivity contribution in [1.29, 1.82) is 0 Å². The average molecular weight is 1500 g/mol. The third kappa shape index (κ3) is 23.2. The van der Waals surface area contributed by atoms with E-state index in [1.54, 1.807) is 91.0 Å². The van der Waals surface area contributed by atoms with Crippen molar-refractivity contribution in [3.63, 3.8) is 0 Å². The van der Waals surface area contributed by atoms with Crippen LogP contribution in [0.15, 0.2) is 121 Å². The van der Waals surface area contributed by atoms with E-state index in [0.29, 0.717) is 27.8 Å². The highest BCUT2D eigenvalue weighted by Gasteiger charge is 2.50. The molecular weight excluding hydrogens is 1420 g/mol. The molecule has 2 aliphatic heterocycles. The molecule has 36 heteroatoms. The summed E-state index contributed by atoms with van der Waals surface area (Å²) in [6.07, 6.45) is -9.33. The standard InChI is InChI=1S/C72H80N10O26/c1-36(2)60(81-62(95)46(23-25-54(83)84)75-66(99)50(31-58(91)92)79-70(103)105-33-38-13-7-5-8-14-38)68(101)77-48(29-56(87)88)64(97)73-41-19-21-44-52(27-41)108-53-28-42(20-22-45(53)72(44)43-18-12-11-17-40(43)35-107-72)74-65(98)49(30-57(89)90)78-69(102)61(37(3)4)82-63(96)47(24-26-55(85)86)76-67(100)51(32-59(93)94)80-71(104)106-34-39-15-9-6-10-16-39/h5-22,27-28,36-37,46-51,60-61H,23-26,29-35H2,1-4H3,(H,73,97)(H,74,98)(H,75,99)(H,76,100)(H,77,101)(H,78,102)(H,79,103)(H,80,104)(H,81,95)(H,82,96)(H,83,84)(H,85,86)(H,87,88)(H,89,90)(H,91,92)(H,93,94)/t46-,47-,48-,49-,50-,51-,60-,61-/m0/s1. The Kier molecular flexibility index (Phi) is 29.0. The van der Waals surface area contributed by atoms with Gasteiger partial charge in [-0.25, -0.2) is 9.59 Å². The van der Waals surface area contributed by atoms with Crippen LogP contribution >= 0.6 is 0 Å². The Labute approximate surface area is 614 Å². The molecule has 108 heavy (non-hydrogen) atoms. The molecule has 0 fully saturated rings. The number of anilines is 2. The zero-order chi connectivity index (χ0) is 79.1. The molecule has 7 rings (SSSR count). The third-order valence-electron chi connectivity index (χ3n) is 16.8. The minimum absolute atomic E-state index is 0.0121. The van der Waals surface area contributed by atoms with Crippen LogP contribution in [0.3, 0.4) is 0 Å². The molecule has 0 aromatic heterocycles. The number of hydrogen-bond donors (Lipinski definition) is 16. The summed E-state index contributed by atoms with van der Waals surface area (Å²) in [7, 11) is 0. The van der Waals surface area contributed by atoms with E-state index >= 15 is 0 Å². The molecule has 5 aromatic rings. The molecule has 0 saturated carbocycles. The van der Waals surface area contributed by atoms with Crippen molar-refractivity contribution < 1.29 is 126 Å². The highest BCUT2D eigenvalue weighted by molar-refractivity contribution is 6.03. The van der Waals surface area contributed by atoms with Gasteiger partial charge in [0, 0.05) is 47.5 Å². The topological polar surface area (TPSA) is 552 Å². The number of rotatable bonds is 38. The molecule has 2 aliphatic rings. The second-order valence-electron chi connectivity index (χ2n) is 25.6. The van der Waals surface area contributed by atoms with Gasteiger partial charge in [-0.2, -0.15) is 0 Å². The van der Waals surface area contributed by atoms with Crippen LogP contribution in [0.2, 0.25) is 0 Å². The first kappa shape index (κ1) is 82.3. The van der Waals surface area contributed by atoms with Crippen molar-refractivity contribution in [2.45, 2.75) is 153 Å². The van der Waals surface area contributed by atoms with Crippen LogP contribution in [0.25, 0.3) is 0 Å². The summed E-state index contributed by atoms with van der Waals surface area (Å²) in [4.78, 5) is 209. The van der Waals surface area contributed by atoms with Gasteiger partial charge in [0.25, 0.3) is 0 Å². The maximum Gasteiger partial charge on any atom is 0.408 e. The fourth-order valence-electron chi connectivity index (χ4n) is 11.4. The lowest BCUT2D eigenvalue weighted by Crippen LogP contribution is -2.59. The summed E-state index contributed by atoms with van der Waals surface area (Å²) in [5, 5.41) is 81.5. The van der Waals surface area contributed by atoms with Crippen molar-refractivity contribution in [2.24, 2.45) is 11.8 Å². The number of alkyl carbamates (subject to hydrolysis) is 2. The molecular formula is C72H80N10O26. The van der Waals surface area contributed by atoms with Crippen LogP contribution < -0.4 is 57.9 Å². The monoisotopic (exact) mass is 1500 g/mol. The van der Waals surface area contributed by atoms with E-state index in [1.165, 1.54) is 52.0 Å². The first-order valence-electron chi connectivity index (χ1n) is 33.6. The lowest BCUT2D eigenvalue weighted by molar-refractivity contribution is -0.141. The SMILES string of the molecule is CC(C)[C@H](NC(=O)[C@H](CCC(=O)O)NC(=O)[C@H](CC(=O)O)NC(=O)OCc1ccccc1)C(=O)N[C@@H](CC(=O)O)C(=O)Nc1ccc2c(c1)Oc1cc(NC(=O)[C@H](CC(=O)O)NC(=O)[C@@H](NC(=O)[C@H](CCC(=O)O)NC(=O)[C@H](CC(=O)O)NC(=O)OCc3ccccc3)C(C)C)ccc1C21OCc2ccccc21. The van der Waals surface area contributed by atoms with Crippen LogP contribution in [-0.4, -0.2) is 174 Å². The molecule has 10 amide bonds. The predicted molar refractivity (Wildman–Crippen MR) is 372 cm³/mol. The number of fused-ring (bicyclic) bond motifs is 6. The van der Waals surface area contributed by atoms with E-state index < -0.39 is 212 Å². The number of benzene rings is 5. The molecule has 574 valence electrons. The van der Waals surface area contributed by atoms with Crippen LogP contribution in [-0.2, 0) is 107 Å². The van der Waals surface area contributed by atoms with E-state index in [-0.39, 0.29) is 42.7 Å². The number of amides is 10. The summed E-state index contributed by atoms with van der Waals surface area (Å²) >= 11 is 0. The maximum atomic E-state index is 14.3. The Morgan fingerprint density at radius 2 is 0.722 bits per heavy atom. The van der Waals surface area contributed by atoms with Gasteiger partial charge in [0.05, 0.1) is 32.3 Å². The predicted octanol–water partition coefficient (Wildman–Crippen LogP) is 2.93. The molecule has 36 nitrogen and oxygen atoms in total. The van der Waals surface area contributed by atoms with Gasteiger partial charge in [-0.15, -0.1) is 0 Å². The number of carbonyl (C=O) groups is 16. The van der Waals surface area contributed by atoms with Gasteiger partial charge in [-0.3, -0.25) is 67.1 Å². The van der Waals surface area contributed by atoms with Gasteiger partial charge < -0.3 is 103 Å². The van der Waals surface area contributed by atoms with Crippen molar-refractivity contribution in [1.82, 2.24) is 42.5 Å². The largest absolute Gasteiger partial charge is 0.481 e. The zero-order valence-corrected chi connectivity index (χ0v) is 58.4. The summed E-state index contributed by atoms with van der Waals surface area (Å²) < 4.78 is 23.4. The van der Waals surface area contributed by atoms with E-state index in [4.69, 9.17) is 18.9 Å². The first-order chi connectivity index (χ1) is 51.2. The minimum Gasteiger partial charge on any atom is -0.481 e. The van der Waals surface area contributed by atoms with Crippen LogP contribution in [0.5, 0.6) is 11.5 Å². The van der Waals surface area contributed by atoms with Gasteiger partial charge in [0.15, 0.2) is 5.60 Å². The van der Waals surface area contributed by atoms with Gasteiger partial charge in [0.1, 0.15) is 73.0 Å². The molecule has 8 atom stereocenters. The van der Waals surface area contributed by atoms with Gasteiger partial charge in [0.2, 0.25) is 47.3 Å². The van der Waals surface area contributed by atoms with E-state index in [0.717, 1.165) is 5.56 Å². The Morgan fingerprint density at radius 1 is 0.380 bits per heavy atom. The lowest BCUT2D eigenvalue weighted by atomic mass is 9.77. The minimum atomic E-state index is -1.89. The number of aliphatic carboxylic acids is 6. The number of carboxylic acid groups (broad SMARTS) is 6. The fourth-order valence-corrected chi connectivity index (χ4v) is 11.4. The third-order valence-corrected chi connectivity index (χ3v) is 16.8. The highest BCUT2D eigenvalue weighted by Crippen LogP contribution is 2.57. The summed E-state index contributed by atoms with van der Waals surface area (Å²) in [6, 6.07) is 17.9. The van der Waals surface area contributed by atoms with E-state index in [9.17, 15) is 107 Å². The molecule has 0 aliphatic carbocycles. The van der Waals surface area contributed by atoms with E-state index in [2.05, 4.69) is 53.2 Å². The molecule has 0 unspecified atom stereocenters. The fraction of sp³-hybridized carbons (Fsp3) is 0.361. The average Bonchev–Trinajstić information content (AvgIpc) is 1.46. The number of ether oxygens (including phenoxy) is 4. The molecule has 0 saturated heterocycles. The number of carboxylic acids is 6. The Morgan fingerprint density at radius 3 is 1.08 bits per heavy atom. The summed E-state index contributed by atoms with van der Waals surface area (Å²) in [6.45, 7) is 5.30. The molecule has 0 radical (unpaired) electrons. The van der Waals surface area contributed by atoms with Crippen molar-refractivity contribution >= 4 is 107 Å². The normalized spacial score (nSPS) is 14.3. The Hall–Kier alpha value is -13.0. The molecule has 2 heterocycles. The van der Waals surface area contributed by atoms with Crippen molar-refractivity contribution in [3.8, 4) is 11.5 Å². The zero-order valence-electron chi connectivity index (χ0n) is 58.4. The van der Waals surface area contributed by atoms with Crippen LogP contribution in [0.4, 0.5) is 21.0 Å². The number of carbonyl (C=O) groups excluding carboxylic acids is 10. The van der Waals surface area contributed by atoms with Gasteiger partial charge >= 0.3 is 48.0 Å². The van der Waals surface area contributed by atoms with E-state index in [1.807, 2.05) is 6.07 Å². The number of nitrogens with one attached hydrogen (secondary N) is 10. The molecule has 16 N–H and O–H groups in total. The lowest BCUT2D eigenvalue weighted by Gasteiger charge is -2.37. The quantitative estimate of drug-likeness (QED) is 0.0270.